The van der Waals surface area contributed by atoms with E-state index in [0.717, 1.165) is 35.1 Å². The predicted octanol–water partition coefficient (Wildman–Crippen LogP) is 3.00. The highest BCUT2D eigenvalue weighted by Crippen LogP contribution is 2.34. The van der Waals surface area contributed by atoms with E-state index in [0.29, 0.717) is 56.0 Å². The Morgan fingerprint density at radius 3 is 2.69 bits per heavy atom. The molecule has 0 spiro atoms. The summed E-state index contributed by atoms with van der Waals surface area (Å²) in [6.07, 6.45) is 8.21. The van der Waals surface area contributed by atoms with Crippen LogP contribution in [0.3, 0.4) is 0 Å². The molecule has 1 saturated carbocycles. The van der Waals surface area contributed by atoms with Gasteiger partial charge in [0.15, 0.2) is 17.3 Å². The number of aromatic nitrogens is 6. The molecule has 0 atom stereocenters. The van der Waals surface area contributed by atoms with Gasteiger partial charge in [-0.1, -0.05) is 18.9 Å². The van der Waals surface area contributed by atoms with Gasteiger partial charge < -0.3 is 14.5 Å². The minimum atomic E-state index is -0.124. The summed E-state index contributed by atoms with van der Waals surface area (Å²) in [4.78, 5) is 22.5. The maximum atomic E-state index is 13.1. The first-order valence-corrected chi connectivity index (χ1v) is 12.1. The van der Waals surface area contributed by atoms with Crippen LogP contribution in [0.2, 0.25) is 0 Å². The average molecular weight is 474 g/mol. The van der Waals surface area contributed by atoms with Gasteiger partial charge in [0.1, 0.15) is 13.2 Å². The number of H-pyrrole nitrogens is 1. The van der Waals surface area contributed by atoms with E-state index in [-0.39, 0.29) is 5.56 Å². The lowest BCUT2D eigenvalue weighted by Crippen LogP contribution is -2.28. The molecule has 0 amide bonds. The number of ether oxygens (including phenoxy) is 2. The predicted molar refractivity (Wildman–Crippen MR) is 128 cm³/mol. The molecule has 1 N–H and O–H groups in total. The third kappa shape index (κ3) is 4.61. The van der Waals surface area contributed by atoms with Crippen molar-refractivity contribution in [2.24, 2.45) is 0 Å². The number of nitrogens with one attached hydrogen (secondary N) is 1. The van der Waals surface area contributed by atoms with E-state index >= 15 is 0 Å². The van der Waals surface area contributed by atoms with Crippen molar-refractivity contribution in [3.05, 3.63) is 70.0 Å². The van der Waals surface area contributed by atoms with Gasteiger partial charge in [-0.15, -0.1) is 5.10 Å². The van der Waals surface area contributed by atoms with Gasteiger partial charge in [0.2, 0.25) is 0 Å². The Morgan fingerprint density at radius 1 is 1.06 bits per heavy atom. The quantitative estimate of drug-likeness (QED) is 0.436. The molecule has 3 aromatic heterocycles. The van der Waals surface area contributed by atoms with Gasteiger partial charge in [-0.05, 0) is 47.0 Å². The first-order valence-electron chi connectivity index (χ1n) is 12.1. The van der Waals surface area contributed by atoms with Gasteiger partial charge in [-0.2, -0.15) is 0 Å². The molecule has 35 heavy (non-hydrogen) atoms. The second-order valence-electron chi connectivity index (χ2n) is 9.19. The Hall–Kier alpha value is -3.79. The van der Waals surface area contributed by atoms with Crippen LogP contribution in [-0.4, -0.2) is 48.3 Å². The Labute approximate surface area is 201 Å². The number of aromatic amines is 1. The molecule has 10 nitrogen and oxygen atoms in total. The Kier molecular flexibility index (Phi) is 5.87. The third-order valence-electron chi connectivity index (χ3n) is 6.70. The lowest BCUT2D eigenvalue weighted by molar-refractivity contribution is 0.172. The number of fused-ring (bicyclic) bond motifs is 2. The van der Waals surface area contributed by atoms with E-state index in [1.54, 1.807) is 6.20 Å². The molecule has 0 radical (unpaired) electrons. The SMILES string of the molecule is O=c1[nH]c2cc3c(cc2cc1CN(Cc1cccnc1)Cc1nnnn1C1CCCC1)OCCO3. The largest absolute Gasteiger partial charge is 0.486 e. The minimum Gasteiger partial charge on any atom is -0.486 e. The molecule has 10 heteroatoms. The van der Waals surface area contributed by atoms with E-state index in [2.05, 4.69) is 30.4 Å². The van der Waals surface area contributed by atoms with Crippen molar-refractivity contribution in [3.63, 3.8) is 0 Å². The van der Waals surface area contributed by atoms with Crippen LogP contribution in [0.25, 0.3) is 10.9 Å². The zero-order valence-electron chi connectivity index (χ0n) is 19.4. The van der Waals surface area contributed by atoms with E-state index in [4.69, 9.17) is 9.47 Å². The highest BCUT2D eigenvalue weighted by atomic mass is 16.6. The van der Waals surface area contributed by atoms with Gasteiger partial charge in [-0.25, -0.2) is 4.68 Å². The van der Waals surface area contributed by atoms with Crippen LogP contribution in [0, 0.1) is 0 Å². The van der Waals surface area contributed by atoms with Crippen molar-refractivity contribution in [2.45, 2.75) is 51.4 Å². The number of pyridine rings is 2. The highest BCUT2D eigenvalue weighted by Gasteiger charge is 2.23. The van der Waals surface area contributed by atoms with E-state index in [1.165, 1.54) is 12.8 Å². The van der Waals surface area contributed by atoms with Crippen molar-refractivity contribution < 1.29 is 9.47 Å². The fourth-order valence-corrected chi connectivity index (χ4v) is 5.01. The standard InChI is InChI=1S/C25H27N7O3/c33-25-19(10-18-11-22-23(12-21(18)27-25)35-9-8-34-22)15-31(14-17-4-3-7-26-13-17)16-24-28-29-30-32(24)20-5-1-2-6-20/h3-4,7,10-13,20H,1-2,5-6,8-9,14-16H2,(H,27,33). The number of rotatable bonds is 7. The van der Waals surface area contributed by atoms with Crippen LogP contribution in [0.15, 0.2) is 47.5 Å². The molecule has 1 aromatic carbocycles. The van der Waals surface area contributed by atoms with Crippen LogP contribution >= 0.6 is 0 Å². The minimum absolute atomic E-state index is 0.124. The smallest absolute Gasteiger partial charge is 0.252 e. The summed E-state index contributed by atoms with van der Waals surface area (Å²) < 4.78 is 13.4. The summed E-state index contributed by atoms with van der Waals surface area (Å²) in [5.74, 6) is 2.17. The molecule has 4 heterocycles. The number of hydrogen-bond donors (Lipinski definition) is 1. The van der Waals surface area contributed by atoms with Gasteiger partial charge in [0.05, 0.1) is 18.1 Å². The van der Waals surface area contributed by atoms with Gasteiger partial charge in [-0.3, -0.25) is 14.7 Å². The summed E-state index contributed by atoms with van der Waals surface area (Å²) in [5.41, 5.74) is 2.33. The second kappa shape index (κ2) is 9.46. The number of nitrogens with zero attached hydrogens (tertiary/aromatic N) is 6. The van der Waals surface area contributed by atoms with Crippen LogP contribution in [0.4, 0.5) is 0 Å². The number of benzene rings is 1. The van der Waals surface area contributed by atoms with Gasteiger partial charge in [0, 0.05) is 42.5 Å². The van der Waals surface area contributed by atoms with Gasteiger partial charge in [0.25, 0.3) is 5.56 Å². The van der Waals surface area contributed by atoms with Crippen LogP contribution < -0.4 is 15.0 Å². The molecule has 180 valence electrons. The highest BCUT2D eigenvalue weighted by molar-refractivity contribution is 5.83. The molecule has 6 rings (SSSR count). The van der Waals surface area contributed by atoms with Crippen molar-refractivity contribution in [1.29, 1.82) is 0 Å². The van der Waals surface area contributed by atoms with Crippen molar-refractivity contribution in [3.8, 4) is 11.5 Å². The zero-order chi connectivity index (χ0) is 23.6. The second-order valence-corrected chi connectivity index (χ2v) is 9.19. The molecule has 0 bridgehead atoms. The normalized spacial score (nSPS) is 15.8. The Balaban J connectivity index is 1.31. The van der Waals surface area contributed by atoms with Crippen LogP contribution in [0.1, 0.15) is 48.7 Å². The fraction of sp³-hybridized carbons (Fsp3) is 0.400. The van der Waals surface area contributed by atoms with Gasteiger partial charge >= 0.3 is 0 Å². The van der Waals surface area contributed by atoms with E-state index < -0.39 is 0 Å². The summed E-state index contributed by atoms with van der Waals surface area (Å²) >= 11 is 0. The van der Waals surface area contributed by atoms with Crippen molar-refractivity contribution in [2.75, 3.05) is 13.2 Å². The van der Waals surface area contributed by atoms with Crippen molar-refractivity contribution >= 4 is 10.9 Å². The summed E-state index contributed by atoms with van der Waals surface area (Å²) in [6.45, 7) is 2.60. The molecule has 4 aromatic rings. The maximum Gasteiger partial charge on any atom is 0.252 e. The molecule has 1 fully saturated rings. The first-order chi connectivity index (χ1) is 17.2. The zero-order valence-corrected chi connectivity index (χ0v) is 19.4. The van der Waals surface area contributed by atoms with E-state index in [9.17, 15) is 4.79 Å². The number of tetrazole rings is 1. The molecule has 0 unspecified atom stereocenters. The summed E-state index contributed by atoms with van der Waals surface area (Å²) in [7, 11) is 0. The van der Waals surface area contributed by atoms with E-state index in [1.807, 2.05) is 41.2 Å². The monoisotopic (exact) mass is 473 g/mol. The number of hydrogen-bond acceptors (Lipinski definition) is 8. The maximum absolute atomic E-state index is 13.1. The molecular formula is C25H27N7O3. The molecule has 0 saturated heterocycles. The summed E-state index contributed by atoms with van der Waals surface area (Å²) in [6, 6.07) is 9.99. The molecule has 2 aliphatic rings. The Bertz CT molecular complexity index is 1380. The fourth-order valence-electron chi connectivity index (χ4n) is 5.01. The molecular weight excluding hydrogens is 446 g/mol. The van der Waals surface area contributed by atoms with Crippen LogP contribution in [0.5, 0.6) is 11.5 Å². The van der Waals surface area contributed by atoms with Crippen molar-refractivity contribution in [1.82, 2.24) is 35.1 Å². The molecule has 1 aliphatic carbocycles. The third-order valence-corrected chi connectivity index (χ3v) is 6.70. The lowest BCUT2D eigenvalue weighted by Gasteiger charge is -2.23. The lowest BCUT2D eigenvalue weighted by atomic mass is 10.1. The average Bonchev–Trinajstić information content (AvgIpc) is 3.56. The molecule has 1 aliphatic heterocycles. The summed E-state index contributed by atoms with van der Waals surface area (Å²) in [5, 5.41) is 13.5. The van der Waals surface area contributed by atoms with Crippen LogP contribution in [-0.2, 0) is 19.6 Å². The Morgan fingerprint density at radius 2 is 1.89 bits per heavy atom. The topological polar surface area (TPSA) is 111 Å². The first kappa shape index (κ1) is 21.7.